The number of rotatable bonds is 8. The number of hydrogen-bond acceptors (Lipinski definition) is 7. The first-order valence-corrected chi connectivity index (χ1v) is 10.6. The Labute approximate surface area is 180 Å². The third-order valence-corrected chi connectivity index (χ3v) is 5.45. The number of ether oxygens (including phenoxy) is 1. The summed E-state index contributed by atoms with van der Waals surface area (Å²) in [5.74, 6) is 0.282. The third kappa shape index (κ3) is 5.48. The first-order valence-electron chi connectivity index (χ1n) is 8.79. The molecule has 0 aliphatic heterocycles. The van der Waals surface area contributed by atoms with E-state index in [1.54, 1.807) is 24.5 Å². The number of aromatic nitrogens is 3. The summed E-state index contributed by atoms with van der Waals surface area (Å²) in [4.78, 5) is 24.0. The van der Waals surface area contributed by atoms with Crippen LogP contribution in [0.15, 0.2) is 50.6 Å². The molecule has 152 valence electrons. The number of carbonyl (C=O) groups excluding carboxylic acids is 2. The number of carbonyl (C=O) groups is 2. The van der Waals surface area contributed by atoms with Crippen LogP contribution >= 0.6 is 27.7 Å². The van der Waals surface area contributed by atoms with Crippen molar-refractivity contribution < 1.29 is 18.7 Å². The van der Waals surface area contributed by atoms with Gasteiger partial charge in [0.15, 0.2) is 23.3 Å². The van der Waals surface area contributed by atoms with Crippen molar-refractivity contribution in [3.05, 3.63) is 46.6 Å². The van der Waals surface area contributed by atoms with Gasteiger partial charge in [-0.05, 0) is 59.6 Å². The van der Waals surface area contributed by atoms with Gasteiger partial charge < -0.3 is 14.5 Å². The largest absolute Gasteiger partial charge is 0.461 e. The van der Waals surface area contributed by atoms with E-state index in [-0.39, 0.29) is 12.4 Å². The monoisotopic (exact) mass is 478 g/mol. The van der Waals surface area contributed by atoms with Crippen molar-refractivity contribution in [1.29, 1.82) is 0 Å². The molecule has 0 saturated heterocycles. The molecular formula is C19H19BrN4O4S. The van der Waals surface area contributed by atoms with Gasteiger partial charge in [0, 0.05) is 11.0 Å². The SMILES string of the molecule is CCn1c(SCC(=O)OCC(=O)Nc2ccc(C)cc2Br)nnc1-c1ccco1. The highest BCUT2D eigenvalue weighted by Crippen LogP contribution is 2.25. The van der Waals surface area contributed by atoms with Gasteiger partial charge >= 0.3 is 5.97 Å². The fourth-order valence-electron chi connectivity index (χ4n) is 2.49. The Morgan fingerprint density at radius 1 is 1.31 bits per heavy atom. The van der Waals surface area contributed by atoms with E-state index in [9.17, 15) is 9.59 Å². The number of nitrogens with zero attached hydrogens (tertiary/aromatic N) is 3. The maximum atomic E-state index is 12.0. The van der Waals surface area contributed by atoms with Crippen molar-refractivity contribution in [2.45, 2.75) is 25.5 Å². The van der Waals surface area contributed by atoms with Gasteiger partial charge in [-0.2, -0.15) is 0 Å². The number of aryl methyl sites for hydroxylation is 1. The van der Waals surface area contributed by atoms with E-state index >= 15 is 0 Å². The smallest absolute Gasteiger partial charge is 0.316 e. The molecule has 10 heteroatoms. The highest BCUT2D eigenvalue weighted by molar-refractivity contribution is 9.10. The predicted molar refractivity (Wildman–Crippen MR) is 113 cm³/mol. The highest BCUT2D eigenvalue weighted by Gasteiger charge is 2.17. The van der Waals surface area contributed by atoms with Gasteiger partial charge in [0.1, 0.15) is 0 Å². The van der Waals surface area contributed by atoms with Crippen LogP contribution in [-0.2, 0) is 20.9 Å². The van der Waals surface area contributed by atoms with E-state index in [4.69, 9.17) is 9.15 Å². The Bertz CT molecular complexity index is 1000. The average molecular weight is 479 g/mol. The van der Waals surface area contributed by atoms with Crippen LogP contribution in [0.5, 0.6) is 0 Å². The number of nitrogens with one attached hydrogen (secondary N) is 1. The van der Waals surface area contributed by atoms with E-state index in [1.165, 1.54) is 11.8 Å². The summed E-state index contributed by atoms with van der Waals surface area (Å²) >= 11 is 4.58. The summed E-state index contributed by atoms with van der Waals surface area (Å²) < 4.78 is 13.0. The van der Waals surface area contributed by atoms with E-state index < -0.39 is 11.9 Å². The van der Waals surface area contributed by atoms with Gasteiger partial charge in [0.05, 0.1) is 17.7 Å². The lowest BCUT2D eigenvalue weighted by molar-refractivity contribution is -0.144. The number of esters is 1. The van der Waals surface area contributed by atoms with E-state index in [0.717, 1.165) is 10.0 Å². The van der Waals surface area contributed by atoms with Crippen molar-refractivity contribution in [3.8, 4) is 11.6 Å². The molecule has 29 heavy (non-hydrogen) atoms. The fourth-order valence-corrected chi connectivity index (χ4v) is 3.88. The van der Waals surface area contributed by atoms with Crippen LogP contribution < -0.4 is 5.32 Å². The minimum atomic E-state index is -0.515. The second-order valence-corrected chi connectivity index (χ2v) is 7.81. The summed E-state index contributed by atoms with van der Waals surface area (Å²) in [6.07, 6.45) is 1.56. The maximum absolute atomic E-state index is 12.0. The molecule has 1 aromatic carbocycles. The minimum Gasteiger partial charge on any atom is -0.461 e. The zero-order valence-corrected chi connectivity index (χ0v) is 18.2. The van der Waals surface area contributed by atoms with E-state index in [0.29, 0.717) is 29.0 Å². The topological polar surface area (TPSA) is 99.2 Å². The summed E-state index contributed by atoms with van der Waals surface area (Å²) in [5, 5.41) is 11.5. The molecule has 3 rings (SSSR count). The molecule has 0 saturated carbocycles. The fraction of sp³-hybridized carbons (Fsp3) is 0.263. The Morgan fingerprint density at radius 2 is 2.14 bits per heavy atom. The van der Waals surface area contributed by atoms with Crippen LogP contribution in [0.1, 0.15) is 12.5 Å². The lowest BCUT2D eigenvalue weighted by atomic mass is 10.2. The van der Waals surface area contributed by atoms with Gasteiger partial charge in [0.25, 0.3) is 5.91 Å². The van der Waals surface area contributed by atoms with Crippen molar-refractivity contribution in [1.82, 2.24) is 14.8 Å². The van der Waals surface area contributed by atoms with Crippen LogP contribution in [0.25, 0.3) is 11.6 Å². The normalized spacial score (nSPS) is 10.7. The van der Waals surface area contributed by atoms with Crippen molar-refractivity contribution in [2.75, 3.05) is 17.7 Å². The van der Waals surface area contributed by atoms with Crippen LogP contribution in [0.3, 0.4) is 0 Å². The quantitative estimate of drug-likeness (QED) is 0.387. The third-order valence-electron chi connectivity index (χ3n) is 3.86. The standard InChI is InChI=1S/C19H19BrN4O4S/c1-3-24-18(15-5-4-8-27-15)22-23-19(24)29-11-17(26)28-10-16(25)21-14-7-6-12(2)9-13(14)20/h4-9H,3,10-11H2,1-2H3,(H,21,25). The predicted octanol–water partition coefficient (Wildman–Crippen LogP) is 3.90. The average Bonchev–Trinajstić information content (AvgIpc) is 3.36. The molecular weight excluding hydrogens is 460 g/mol. The summed E-state index contributed by atoms with van der Waals surface area (Å²) in [5.41, 5.74) is 1.68. The zero-order chi connectivity index (χ0) is 20.8. The first kappa shape index (κ1) is 21.1. The number of thioether (sulfide) groups is 1. The van der Waals surface area contributed by atoms with Crippen molar-refractivity contribution >= 4 is 45.3 Å². The molecule has 2 aromatic heterocycles. The zero-order valence-electron chi connectivity index (χ0n) is 15.8. The van der Waals surface area contributed by atoms with Crippen LogP contribution in [-0.4, -0.2) is 39.0 Å². The molecule has 0 spiro atoms. The molecule has 1 N–H and O–H groups in total. The number of anilines is 1. The minimum absolute atomic E-state index is 0.0117. The van der Waals surface area contributed by atoms with Crippen LogP contribution in [0, 0.1) is 6.92 Å². The number of hydrogen-bond donors (Lipinski definition) is 1. The van der Waals surface area contributed by atoms with Crippen molar-refractivity contribution in [3.63, 3.8) is 0 Å². The Morgan fingerprint density at radius 3 is 2.83 bits per heavy atom. The van der Waals surface area contributed by atoms with Gasteiger partial charge in [-0.25, -0.2) is 0 Å². The van der Waals surface area contributed by atoms with Gasteiger partial charge in [0.2, 0.25) is 0 Å². The number of amides is 1. The second-order valence-electron chi connectivity index (χ2n) is 6.01. The summed E-state index contributed by atoms with van der Waals surface area (Å²) in [6.45, 7) is 4.16. The second kappa shape index (κ2) is 9.75. The molecule has 0 unspecified atom stereocenters. The maximum Gasteiger partial charge on any atom is 0.316 e. The van der Waals surface area contributed by atoms with Crippen LogP contribution in [0.4, 0.5) is 5.69 Å². The molecule has 0 bridgehead atoms. The van der Waals surface area contributed by atoms with Gasteiger partial charge in [-0.1, -0.05) is 17.8 Å². The first-order chi connectivity index (χ1) is 14.0. The highest BCUT2D eigenvalue weighted by atomic mass is 79.9. The molecule has 0 aliphatic rings. The molecule has 1 amide bonds. The molecule has 2 heterocycles. The van der Waals surface area contributed by atoms with E-state index in [2.05, 4.69) is 31.4 Å². The summed E-state index contributed by atoms with van der Waals surface area (Å²) in [7, 11) is 0. The molecule has 0 aliphatic carbocycles. The lowest BCUT2D eigenvalue weighted by Gasteiger charge is -2.09. The van der Waals surface area contributed by atoms with Gasteiger partial charge in [-0.3, -0.25) is 14.2 Å². The molecule has 0 radical (unpaired) electrons. The molecule has 3 aromatic rings. The Kier molecular flexibility index (Phi) is 7.10. The Balaban J connectivity index is 1.49. The lowest BCUT2D eigenvalue weighted by Crippen LogP contribution is -2.22. The van der Waals surface area contributed by atoms with E-state index in [1.807, 2.05) is 30.5 Å². The molecule has 0 fully saturated rings. The van der Waals surface area contributed by atoms with Crippen molar-refractivity contribution in [2.24, 2.45) is 0 Å². The van der Waals surface area contributed by atoms with Gasteiger partial charge in [-0.15, -0.1) is 10.2 Å². The molecule has 0 atom stereocenters. The molecule has 8 nitrogen and oxygen atoms in total. The number of halogens is 1. The Hall–Kier alpha value is -2.59. The number of benzene rings is 1. The van der Waals surface area contributed by atoms with Crippen LogP contribution in [0.2, 0.25) is 0 Å². The number of furan rings is 1. The summed E-state index contributed by atoms with van der Waals surface area (Å²) in [6, 6.07) is 9.12.